The summed E-state index contributed by atoms with van der Waals surface area (Å²) in [6.07, 6.45) is 0.982. The summed E-state index contributed by atoms with van der Waals surface area (Å²) in [5.41, 5.74) is 0.855. The molecule has 0 aromatic heterocycles. The van der Waals surface area contributed by atoms with Crippen molar-refractivity contribution >= 4 is 17.7 Å². The molecule has 2 atom stereocenters. The summed E-state index contributed by atoms with van der Waals surface area (Å²) in [6.45, 7) is 11.8. The molecule has 7 nitrogen and oxygen atoms in total. The number of aliphatic imine (C=N–C) groups is 1. The van der Waals surface area contributed by atoms with E-state index in [1.807, 2.05) is 25.7 Å². The fourth-order valence-corrected chi connectivity index (χ4v) is 4.33. The van der Waals surface area contributed by atoms with Gasteiger partial charge in [0.15, 0.2) is 5.96 Å². The molecule has 0 bridgehead atoms. The van der Waals surface area contributed by atoms with Crippen LogP contribution in [0.5, 0.6) is 0 Å². The van der Waals surface area contributed by atoms with Crippen LogP contribution in [0.1, 0.15) is 27.2 Å². The lowest BCUT2D eigenvalue weighted by atomic mass is 10.1. The molecule has 4 rings (SSSR count). The van der Waals surface area contributed by atoms with E-state index in [0.717, 1.165) is 38.7 Å². The van der Waals surface area contributed by atoms with E-state index in [4.69, 9.17) is 9.73 Å². The van der Waals surface area contributed by atoms with Crippen molar-refractivity contribution in [1.82, 2.24) is 15.1 Å². The Bertz CT molecular complexity index is 745. The molecule has 0 aliphatic carbocycles. The molecule has 158 valence electrons. The highest BCUT2D eigenvalue weighted by Gasteiger charge is 2.36. The summed E-state index contributed by atoms with van der Waals surface area (Å²) in [6, 6.07) is 10.9. The molecule has 0 saturated carbocycles. The lowest BCUT2D eigenvalue weighted by Crippen LogP contribution is -2.57. The zero-order valence-electron chi connectivity index (χ0n) is 17.8. The summed E-state index contributed by atoms with van der Waals surface area (Å²) >= 11 is 0. The first-order valence-electron chi connectivity index (χ1n) is 10.7. The van der Waals surface area contributed by atoms with Gasteiger partial charge in [-0.1, -0.05) is 18.2 Å². The van der Waals surface area contributed by atoms with E-state index in [2.05, 4.69) is 45.4 Å². The maximum absolute atomic E-state index is 12.4. The number of piperazine rings is 1. The molecule has 0 spiro atoms. The average molecular weight is 400 g/mol. The van der Waals surface area contributed by atoms with Crippen LogP contribution in [-0.4, -0.2) is 79.3 Å². The van der Waals surface area contributed by atoms with Gasteiger partial charge in [-0.2, -0.15) is 0 Å². The molecule has 0 radical (unpaired) electrons. The Morgan fingerprint density at radius 2 is 1.97 bits per heavy atom. The van der Waals surface area contributed by atoms with Crippen LogP contribution in [-0.2, 0) is 4.74 Å². The van der Waals surface area contributed by atoms with Crippen molar-refractivity contribution in [3.8, 4) is 0 Å². The largest absolute Gasteiger partial charge is 0.444 e. The number of guanidine groups is 1. The Morgan fingerprint density at radius 1 is 1.17 bits per heavy atom. The SMILES string of the molecule is CC(C)(C)OC(=O)N1CCN2C(NCC3CCN(c4ccccc4)C3)=NCC2C1. The number of carbonyl (C=O) groups excluding carboxylic acids is 1. The molecule has 3 aliphatic heterocycles. The van der Waals surface area contributed by atoms with Gasteiger partial charge in [-0.05, 0) is 45.2 Å². The smallest absolute Gasteiger partial charge is 0.410 e. The van der Waals surface area contributed by atoms with Crippen LogP contribution in [0.3, 0.4) is 0 Å². The Balaban J connectivity index is 1.24. The lowest BCUT2D eigenvalue weighted by molar-refractivity contribution is 0.0137. The third kappa shape index (κ3) is 4.77. The second-order valence-electron chi connectivity index (χ2n) is 9.26. The van der Waals surface area contributed by atoms with Gasteiger partial charge < -0.3 is 24.8 Å². The molecule has 2 fully saturated rings. The van der Waals surface area contributed by atoms with Crippen LogP contribution in [0.15, 0.2) is 35.3 Å². The number of benzene rings is 1. The fraction of sp³-hybridized carbons (Fsp3) is 0.636. The Morgan fingerprint density at radius 3 is 2.72 bits per heavy atom. The molecule has 1 amide bonds. The topological polar surface area (TPSA) is 60.4 Å². The van der Waals surface area contributed by atoms with E-state index in [0.29, 0.717) is 19.0 Å². The highest BCUT2D eigenvalue weighted by Crippen LogP contribution is 2.24. The first kappa shape index (κ1) is 19.9. The van der Waals surface area contributed by atoms with Gasteiger partial charge in [0, 0.05) is 45.0 Å². The summed E-state index contributed by atoms with van der Waals surface area (Å²) < 4.78 is 5.52. The minimum Gasteiger partial charge on any atom is -0.444 e. The van der Waals surface area contributed by atoms with Gasteiger partial charge >= 0.3 is 6.09 Å². The van der Waals surface area contributed by atoms with E-state index in [1.54, 1.807) is 0 Å². The third-order valence-electron chi connectivity index (χ3n) is 5.81. The molecule has 7 heteroatoms. The zero-order valence-corrected chi connectivity index (χ0v) is 17.8. The van der Waals surface area contributed by atoms with Crippen molar-refractivity contribution in [3.63, 3.8) is 0 Å². The van der Waals surface area contributed by atoms with Crippen LogP contribution >= 0.6 is 0 Å². The van der Waals surface area contributed by atoms with Crippen LogP contribution in [0.4, 0.5) is 10.5 Å². The zero-order chi connectivity index (χ0) is 20.4. The maximum Gasteiger partial charge on any atom is 0.410 e. The van der Waals surface area contributed by atoms with Gasteiger partial charge in [-0.25, -0.2) is 4.79 Å². The van der Waals surface area contributed by atoms with Crippen LogP contribution in [0, 0.1) is 5.92 Å². The summed E-state index contributed by atoms with van der Waals surface area (Å²) in [5.74, 6) is 1.62. The molecule has 2 saturated heterocycles. The van der Waals surface area contributed by atoms with Crippen LogP contribution in [0.25, 0.3) is 0 Å². The molecular formula is C22H33N5O2. The molecule has 1 aromatic rings. The van der Waals surface area contributed by atoms with Crippen molar-refractivity contribution in [1.29, 1.82) is 0 Å². The molecule has 29 heavy (non-hydrogen) atoms. The number of nitrogens with zero attached hydrogens (tertiary/aromatic N) is 4. The van der Waals surface area contributed by atoms with E-state index in [1.165, 1.54) is 12.1 Å². The number of hydrogen-bond donors (Lipinski definition) is 1. The van der Waals surface area contributed by atoms with Crippen molar-refractivity contribution in [2.24, 2.45) is 10.9 Å². The third-order valence-corrected chi connectivity index (χ3v) is 5.81. The minimum atomic E-state index is -0.456. The second kappa shape index (κ2) is 8.13. The number of anilines is 1. The molecule has 2 unspecified atom stereocenters. The number of nitrogens with one attached hydrogen (secondary N) is 1. The number of rotatable bonds is 3. The number of carbonyl (C=O) groups is 1. The van der Waals surface area contributed by atoms with E-state index in [9.17, 15) is 4.79 Å². The highest BCUT2D eigenvalue weighted by molar-refractivity contribution is 5.82. The van der Waals surface area contributed by atoms with Crippen LogP contribution in [0.2, 0.25) is 0 Å². The number of hydrogen-bond acceptors (Lipinski definition) is 6. The number of fused-ring (bicyclic) bond motifs is 1. The minimum absolute atomic E-state index is 0.217. The predicted molar refractivity (Wildman–Crippen MR) is 115 cm³/mol. The quantitative estimate of drug-likeness (QED) is 0.846. The average Bonchev–Trinajstić information content (AvgIpc) is 3.32. The Hall–Kier alpha value is -2.44. The number of ether oxygens (including phenoxy) is 1. The monoisotopic (exact) mass is 399 g/mol. The van der Waals surface area contributed by atoms with Gasteiger partial charge in [0.25, 0.3) is 0 Å². The first-order valence-corrected chi connectivity index (χ1v) is 10.7. The standard InChI is InChI=1S/C22H33N5O2/c1-22(2,3)29-21(28)26-11-12-27-19(16-26)14-24-20(27)23-13-17-9-10-25(15-17)18-7-5-4-6-8-18/h4-8,17,19H,9-16H2,1-3H3,(H,23,24). The summed E-state index contributed by atoms with van der Waals surface area (Å²) in [4.78, 5) is 23.7. The van der Waals surface area contributed by atoms with Gasteiger partial charge in [-0.15, -0.1) is 0 Å². The second-order valence-corrected chi connectivity index (χ2v) is 9.26. The van der Waals surface area contributed by atoms with Gasteiger partial charge in [0.05, 0.1) is 12.6 Å². The van der Waals surface area contributed by atoms with Crippen molar-refractivity contribution in [2.75, 3.05) is 50.7 Å². The van der Waals surface area contributed by atoms with Crippen molar-refractivity contribution in [3.05, 3.63) is 30.3 Å². The number of para-hydroxylation sites is 1. The van der Waals surface area contributed by atoms with E-state index in [-0.39, 0.29) is 12.1 Å². The summed E-state index contributed by atoms with van der Waals surface area (Å²) in [7, 11) is 0. The lowest BCUT2D eigenvalue weighted by Gasteiger charge is -2.39. The predicted octanol–water partition coefficient (Wildman–Crippen LogP) is 2.39. The first-order chi connectivity index (χ1) is 13.9. The Labute approximate surface area is 173 Å². The van der Waals surface area contributed by atoms with Crippen LogP contribution < -0.4 is 10.2 Å². The molecular weight excluding hydrogens is 366 g/mol. The maximum atomic E-state index is 12.4. The molecule has 1 N–H and O–H groups in total. The van der Waals surface area contributed by atoms with Crippen molar-refractivity contribution in [2.45, 2.75) is 38.8 Å². The van der Waals surface area contributed by atoms with Crippen molar-refractivity contribution < 1.29 is 9.53 Å². The highest BCUT2D eigenvalue weighted by atomic mass is 16.6. The van der Waals surface area contributed by atoms with E-state index < -0.39 is 5.60 Å². The Kier molecular flexibility index (Phi) is 5.56. The van der Waals surface area contributed by atoms with Gasteiger partial charge in [0.2, 0.25) is 0 Å². The van der Waals surface area contributed by atoms with E-state index >= 15 is 0 Å². The molecule has 3 heterocycles. The fourth-order valence-electron chi connectivity index (χ4n) is 4.33. The summed E-state index contributed by atoms with van der Waals surface area (Å²) in [5, 5.41) is 3.59. The number of amides is 1. The van der Waals surface area contributed by atoms with Gasteiger partial charge in [-0.3, -0.25) is 4.99 Å². The normalized spacial score (nSPS) is 24.4. The molecule has 1 aromatic carbocycles. The van der Waals surface area contributed by atoms with Gasteiger partial charge in [0.1, 0.15) is 5.60 Å². The molecule has 3 aliphatic rings.